The third-order valence-corrected chi connectivity index (χ3v) is 5.14. The van der Waals surface area contributed by atoms with E-state index >= 15 is 0 Å². The van der Waals surface area contributed by atoms with Gasteiger partial charge in [0.1, 0.15) is 12.1 Å². The van der Waals surface area contributed by atoms with E-state index in [0.717, 1.165) is 11.1 Å². The number of nitrogens with one attached hydrogen (secondary N) is 1. The average Bonchev–Trinajstić information content (AvgIpc) is 3.14. The van der Waals surface area contributed by atoms with E-state index in [4.69, 9.17) is 0 Å². The van der Waals surface area contributed by atoms with Crippen molar-refractivity contribution in [3.8, 4) is 11.1 Å². The van der Waals surface area contributed by atoms with Crippen molar-refractivity contribution in [1.82, 2.24) is 15.2 Å². The number of Topliss-reactive ketones (excluding diaryl/α,β-unsaturated/α-hetero) is 1. The lowest BCUT2D eigenvalue weighted by atomic mass is 9.86. The molecule has 4 nitrogen and oxygen atoms in total. The topological polar surface area (TPSA) is 58.6 Å². The Bertz CT molecular complexity index is 848. The first-order chi connectivity index (χ1) is 12.4. The number of ketones is 1. The zero-order valence-corrected chi connectivity index (χ0v) is 16.1. The number of carbonyl (C=O) groups is 1. The molecule has 0 bridgehead atoms. The molecule has 0 amide bonds. The van der Waals surface area contributed by atoms with Gasteiger partial charge in [0.2, 0.25) is 0 Å². The smallest absolute Gasteiger partial charge is 0.183 e. The Kier molecular flexibility index (Phi) is 5.57. The molecule has 0 atom stereocenters. The number of carbonyl (C=O) groups excluding carboxylic acids is 1. The Morgan fingerprint density at radius 1 is 1.00 bits per heavy atom. The third kappa shape index (κ3) is 4.82. The van der Waals surface area contributed by atoms with Gasteiger partial charge in [-0.15, -0.1) is 0 Å². The van der Waals surface area contributed by atoms with Gasteiger partial charge < -0.3 is 0 Å². The molecule has 1 N–H and O–H groups in total. The van der Waals surface area contributed by atoms with Crippen molar-refractivity contribution < 1.29 is 4.79 Å². The van der Waals surface area contributed by atoms with Gasteiger partial charge in [0.25, 0.3) is 0 Å². The molecular weight excluding hydrogens is 342 g/mol. The van der Waals surface area contributed by atoms with Crippen molar-refractivity contribution in [2.45, 2.75) is 37.8 Å². The van der Waals surface area contributed by atoms with Crippen molar-refractivity contribution in [2.24, 2.45) is 0 Å². The molecule has 5 heteroatoms. The van der Waals surface area contributed by atoms with Gasteiger partial charge in [-0.3, -0.25) is 9.89 Å². The van der Waals surface area contributed by atoms with Crippen LogP contribution in [-0.4, -0.2) is 26.7 Å². The molecule has 0 spiro atoms. The number of hydrogen-bond donors (Lipinski definition) is 1. The zero-order chi connectivity index (χ0) is 18.6. The highest BCUT2D eigenvalue weighted by molar-refractivity contribution is 7.99. The molecule has 26 heavy (non-hydrogen) atoms. The van der Waals surface area contributed by atoms with Gasteiger partial charge in [0.15, 0.2) is 5.16 Å². The number of hydrogen-bond acceptors (Lipinski definition) is 4. The van der Waals surface area contributed by atoms with Gasteiger partial charge in [-0.05, 0) is 27.7 Å². The van der Waals surface area contributed by atoms with E-state index in [2.05, 4.69) is 72.4 Å². The van der Waals surface area contributed by atoms with E-state index < -0.39 is 0 Å². The highest BCUT2D eigenvalue weighted by Crippen LogP contribution is 2.26. The van der Waals surface area contributed by atoms with Crippen LogP contribution >= 0.6 is 11.8 Å². The predicted molar refractivity (Wildman–Crippen MR) is 106 cm³/mol. The van der Waals surface area contributed by atoms with Crippen LogP contribution in [0.5, 0.6) is 0 Å². The van der Waals surface area contributed by atoms with Crippen LogP contribution < -0.4 is 0 Å². The second-order valence-electron chi connectivity index (χ2n) is 7.32. The normalized spacial score (nSPS) is 11.5. The number of nitrogens with zero attached hydrogens (tertiary/aromatic N) is 2. The van der Waals surface area contributed by atoms with Gasteiger partial charge in [-0.2, -0.15) is 5.10 Å². The highest BCUT2D eigenvalue weighted by Gasteiger charge is 2.13. The Labute approximate surface area is 158 Å². The maximum atomic E-state index is 12.1. The fraction of sp³-hybridized carbons (Fsp3) is 0.286. The molecule has 0 radical (unpaired) electrons. The van der Waals surface area contributed by atoms with Crippen LogP contribution in [0.15, 0.2) is 60.0 Å². The first-order valence-corrected chi connectivity index (χ1v) is 9.60. The van der Waals surface area contributed by atoms with Crippen molar-refractivity contribution in [2.75, 3.05) is 5.75 Å². The van der Waals surface area contributed by atoms with Crippen LogP contribution in [0, 0.1) is 0 Å². The second kappa shape index (κ2) is 7.87. The number of benzene rings is 2. The highest BCUT2D eigenvalue weighted by atomic mass is 32.2. The first kappa shape index (κ1) is 18.4. The fourth-order valence-electron chi connectivity index (χ4n) is 2.67. The molecule has 3 aromatic rings. The first-order valence-electron chi connectivity index (χ1n) is 8.61. The summed E-state index contributed by atoms with van der Waals surface area (Å²) in [6.07, 6.45) is 1.88. The third-order valence-electron chi connectivity index (χ3n) is 4.20. The number of thioether (sulfide) groups is 1. The van der Waals surface area contributed by atoms with Crippen LogP contribution in [0.4, 0.5) is 0 Å². The molecule has 1 aromatic heterocycles. The maximum Gasteiger partial charge on any atom is 0.183 e. The van der Waals surface area contributed by atoms with Gasteiger partial charge in [-0.1, -0.05) is 81.1 Å². The van der Waals surface area contributed by atoms with E-state index in [9.17, 15) is 4.79 Å². The molecule has 0 aliphatic carbocycles. The average molecular weight is 366 g/mol. The standard InChI is InChI=1S/C21H23N3OS/c1-21(2,3)18-10-8-17(9-11-18)16-6-4-15(5-7-16)12-19(25)13-26-20-22-14-23-24-20/h4-11,14H,12-13H2,1-3H3,(H,22,23,24). The van der Waals surface area contributed by atoms with Crippen LogP contribution in [0.3, 0.4) is 0 Å². The SMILES string of the molecule is CC(C)(C)c1ccc(-c2ccc(CC(=O)CSc3ncn[nH]3)cc2)cc1. The summed E-state index contributed by atoms with van der Waals surface area (Å²) in [6.45, 7) is 6.65. The predicted octanol–water partition coefficient (Wildman–Crippen LogP) is 4.67. The summed E-state index contributed by atoms with van der Waals surface area (Å²) < 4.78 is 0. The molecule has 0 aliphatic heterocycles. The lowest BCUT2D eigenvalue weighted by Crippen LogP contribution is -2.10. The number of aromatic nitrogens is 3. The number of rotatable bonds is 6. The maximum absolute atomic E-state index is 12.1. The van der Waals surface area contributed by atoms with Crippen molar-refractivity contribution in [3.05, 3.63) is 66.0 Å². The Hall–Kier alpha value is -2.40. The molecule has 0 fully saturated rings. The molecular formula is C21H23N3OS. The van der Waals surface area contributed by atoms with Crippen molar-refractivity contribution in [3.63, 3.8) is 0 Å². The van der Waals surface area contributed by atoms with E-state index in [-0.39, 0.29) is 11.2 Å². The van der Waals surface area contributed by atoms with E-state index in [0.29, 0.717) is 17.3 Å². The lowest BCUT2D eigenvalue weighted by Gasteiger charge is -2.19. The van der Waals surface area contributed by atoms with Gasteiger partial charge in [0.05, 0.1) is 5.75 Å². The van der Waals surface area contributed by atoms with Crippen LogP contribution in [0.25, 0.3) is 11.1 Å². The summed E-state index contributed by atoms with van der Waals surface area (Å²) >= 11 is 1.38. The fourth-order valence-corrected chi connectivity index (χ4v) is 3.31. The Morgan fingerprint density at radius 3 is 2.15 bits per heavy atom. The Balaban J connectivity index is 1.60. The monoisotopic (exact) mass is 365 g/mol. The summed E-state index contributed by atoms with van der Waals surface area (Å²) in [7, 11) is 0. The van der Waals surface area contributed by atoms with Crippen LogP contribution in [0.1, 0.15) is 31.9 Å². The summed E-state index contributed by atoms with van der Waals surface area (Å²) in [5.41, 5.74) is 4.87. The summed E-state index contributed by atoms with van der Waals surface area (Å²) in [4.78, 5) is 16.1. The minimum Gasteiger partial charge on any atom is -0.298 e. The van der Waals surface area contributed by atoms with Gasteiger partial charge >= 0.3 is 0 Å². The molecule has 1 heterocycles. The summed E-state index contributed by atoms with van der Waals surface area (Å²) in [6, 6.07) is 16.9. The molecule has 0 saturated heterocycles. The van der Waals surface area contributed by atoms with Crippen LogP contribution in [0.2, 0.25) is 0 Å². The summed E-state index contributed by atoms with van der Waals surface area (Å²) in [5.74, 6) is 0.569. The molecule has 0 saturated carbocycles. The van der Waals surface area contributed by atoms with E-state index in [1.807, 2.05) is 12.1 Å². The summed E-state index contributed by atoms with van der Waals surface area (Å²) in [5, 5.41) is 7.19. The molecule has 0 unspecified atom stereocenters. The van der Waals surface area contributed by atoms with Crippen LogP contribution in [-0.2, 0) is 16.6 Å². The molecule has 2 aromatic carbocycles. The molecule has 0 aliphatic rings. The molecule has 3 rings (SSSR count). The number of aromatic amines is 1. The minimum atomic E-state index is 0.159. The lowest BCUT2D eigenvalue weighted by molar-refractivity contribution is -0.116. The minimum absolute atomic E-state index is 0.159. The number of H-pyrrole nitrogens is 1. The van der Waals surface area contributed by atoms with Gasteiger partial charge in [-0.25, -0.2) is 4.98 Å². The largest absolute Gasteiger partial charge is 0.298 e. The van der Waals surface area contributed by atoms with Gasteiger partial charge in [0, 0.05) is 6.42 Å². The zero-order valence-electron chi connectivity index (χ0n) is 15.3. The van der Waals surface area contributed by atoms with E-state index in [1.165, 1.54) is 29.2 Å². The molecule has 134 valence electrons. The van der Waals surface area contributed by atoms with E-state index in [1.54, 1.807) is 0 Å². The Morgan fingerprint density at radius 2 is 1.62 bits per heavy atom. The quantitative estimate of drug-likeness (QED) is 0.645. The van der Waals surface area contributed by atoms with Crippen molar-refractivity contribution in [1.29, 1.82) is 0 Å². The van der Waals surface area contributed by atoms with Crippen molar-refractivity contribution >= 4 is 17.5 Å². The second-order valence-corrected chi connectivity index (χ2v) is 8.28.